The lowest BCUT2D eigenvalue weighted by Gasteiger charge is -1.93. The van der Waals surface area contributed by atoms with Crippen molar-refractivity contribution in [1.82, 2.24) is 0 Å². The lowest BCUT2D eigenvalue weighted by molar-refractivity contribution is 0.198. The van der Waals surface area contributed by atoms with Gasteiger partial charge in [-0.15, -0.1) is 5.73 Å². The summed E-state index contributed by atoms with van der Waals surface area (Å²) in [5.41, 5.74) is 4.15. The van der Waals surface area contributed by atoms with Crippen LogP contribution < -0.4 is 0 Å². The lowest BCUT2D eigenvalue weighted by Crippen LogP contribution is -1.94. The quantitative estimate of drug-likeness (QED) is 0.698. The van der Waals surface area contributed by atoms with Crippen molar-refractivity contribution in [2.24, 2.45) is 0 Å². The van der Waals surface area contributed by atoms with E-state index in [2.05, 4.69) is 5.73 Å². The summed E-state index contributed by atoms with van der Waals surface area (Å²) in [6.07, 6.45) is 4.13. The fraction of sp³-hybridized carbons (Fsp3) is 0.250. The Morgan fingerprint density at radius 3 is 2.69 bits per heavy atom. The molecule has 1 rings (SSSR count). The molecule has 0 aliphatic carbocycles. The molecule has 0 fully saturated rings. The van der Waals surface area contributed by atoms with Gasteiger partial charge in [-0.05, 0) is 31.1 Å². The average Bonchev–Trinajstić information content (AvgIpc) is 2.14. The zero-order valence-corrected chi connectivity index (χ0v) is 7.77. The van der Waals surface area contributed by atoms with Crippen molar-refractivity contribution in [3.05, 3.63) is 47.7 Å². The van der Waals surface area contributed by atoms with E-state index in [1.807, 2.05) is 42.5 Å². The van der Waals surface area contributed by atoms with Gasteiger partial charge in [0.25, 0.3) is 0 Å². The van der Waals surface area contributed by atoms with Gasteiger partial charge in [-0.3, -0.25) is 0 Å². The summed E-state index contributed by atoms with van der Waals surface area (Å²) in [6.45, 7) is 1.76. The third-order valence-electron chi connectivity index (χ3n) is 1.63. The summed E-state index contributed by atoms with van der Waals surface area (Å²) in [4.78, 5) is 0. The van der Waals surface area contributed by atoms with Crippen LogP contribution in [0.1, 0.15) is 18.9 Å². The Bertz CT molecular complexity index is 292. The topological polar surface area (TPSA) is 20.2 Å². The zero-order chi connectivity index (χ0) is 9.52. The van der Waals surface area contributed by atoms with Crippen LogP contribution in [0.15, 0.2) is 42.1 Å². The number of rotatable bonds is 3. The molecule has 0 aliphatic rings. The van der Waals surface area contributed by atoms with Crippen LogP contribution in [0.3, 0.4) is 0 Å². The Morgan fingerprint density at radius 2 is 2.08 bits per heavy atom. The molecule has 1 atom stereocenters. The number of hydrogen-bond donors (Lipinski definition) is 1. The molecule has 0 saturated carbocycles. The minimum atomic E-state index is -0.281. The highest BCUT2D eigenvalue weighted by Crippen LogP contribution is 1.99. The van der Waals surface area contributed by atoms with Crippen LogP contribution in [0, 0.1) is 0 Å². The molecule has 0 radical (unpaired) electrons. The van der Waals surface area contributed by atoms with Crippen LogP contribution in [0.5, 0.6) is 0 Å². The first kappa shape index (κ1) is 9.79. The molecule has 1 nitrogen and oxygen atoms in total. The van der Waals surface area contributed by atoms with Crippen molar-refractivity contribution in [3.8, 4) is 0 Å². The summed E-state index contributed by atoms with van der Waals surface area (Å²) < 4.78 is 0. The van der Waals surface area contributed by atoms with Gasteiger partial charge in [-0.25, -0.2) is 0 Å². The normalized spacial score (nSPS) is 11.5. The second-order valence-corrected chi connectivity index (χ2v) is 3.01. The average molecular weight is 174 g/mol. The molecule has 1 unspecified atom stereocenters. The molecule has 0 amide bonds. The highest BCUT2D eigenvalue weighted by atomic mass is 16.3. The second kappa shape index (κ2) is 5.36. The van der Waals surface area contributed by atoms with Gasteiger partial charge in [0.15, 0.2) is 0 Å². The second-order valence-electron chi connectivity index (χ2n) is 3.01. The Hall–Kier alpha value is -1.30. The highest BCUT2D eigenvalue weighted by Gasteiger charge is 1.86. The van der Waals surface area contributed by atoms with Gasteiger partial charge in [-0.2, -0.15) is 0 Å². The van der Waals surface area contributed by atoms with E-state index in [1.54, 1.807) is 6.92 Å². The summed E-state index contributed by atoms with van der Waals surface area (Å²) in [5.74, 6) is 0. The SMILES string of the molecule is CC(O)CC=C=Cc1ccccc1. The van der Waals surface area contributed by atoms with E-state index in [9.17, 15) is 0 Å². The van der Waals surface area contributed by atoms with Crippen LogP contribution in [-0.4, -0.2) is 11.2 Å². The number of hydrogen-bond acceptors (Lipinski definition) is 1. The third kappa shape index (κ3) is 4.32. The zero-order valence-electron chi connectivity index (χ0n) is 7.77. The van der Waals surface area contributed by atoms with Crippen molar-refractivity contribution in [2.45, 2.75) is 19.4 Å². The Kier molecular flexibility index (Phi) is 4.04. The van der Waals surface area contributed by atoms with Crippen molar-refractivity contribution >= 4 is 6.08 Å². The van der Waals surface area contributed by atoms with E-state index in [0.29, 0.717) is 6.42 Å². The lowest BCUT2D eigenvalue weighted by atomic mass is 10.2. The van der Waals surface area contributed by atoms with Gasteiger partial charge < -0.3 is 5.11 Å². The molecular formula is C12H14O. The Morgan fingerprint density at radius 1 is 1.38 bits per heavy atom. The molecule has 1 aromatic rings. The fourth-order valence-electron chi connectivity index (χ4n) is 0.943. The predicted molar refractivity (Wildman–Crippen MR) is 55.3 cm³/mol. The minimum absolute atomic E-state index is 0.281. The summed E-state index contributed by atoms with van der Waals surface area (Å²) >= 11 is 0. The first-order valence-electron chi connectivity index (χ1n) is 4.43. The van der Waals surface area contributed by atoms with Crippen molar-refractivity contribution in [2.75, 3.05) is 0 Å². The van der Waals surface area contributed by atoms with E-state index < -0.39 is 0 Å². The molecule has 1 N–H and O–H groups in total. The van der Waals surface area contributed by atoms with Crippen molar-refractivity contribution in [3.63, 3.8) is 0 Å². The van der Waals surface area contributed by atoms with Crippen LogP contribution in [0.2, 0.25) is 0 Å². The molecule has 1 heteroatoms. The monoisotopic (exact) mass is 174 g/mol. The van der Waals surface area contributed by atoms with Gasteiger partial charge in [0.1, 0.15) is 0 Å². The smallest absolute Gasteiger partial charge is 0.0552 e. The molecule has 0 spiro atoms. The van der Waals surface area contributed by atoms with E-state index >= 15 is 0 Å². The van der Waals surface area contributed by atoms with E-state index in [1.165, 1.54) is 0 Å². The first-order valence-corrected chi connectivity index (χ1v) is 4.43. The molecule has 0 aliphatic heterocycles. The number of benzene rings is 1. The van der Waals surface area contributed by atoms with Gasteiger partial charge in [0, 0.05) is 0 Å². The number of aliphatic hydroxyl groups is 1. The molecule has 0 saturated heterocycles. The van der Waals surface area contributed by atoms with Crippen molar-refractivity contribution in [1.29, 1.82) is 0 Å². The molecule has 13 heavy (non-hydrogen) atoms. The summed E-state index contributed by atoms with van der Waals surface area (Å²) in [5, 5.41) is 8.96. The van der Waals surface area contributed by atoms with Crippen LogP contribution in [-0.2, 0) is 0 Å². The maximum atomic E-state index is 8.96. The van der Waals surface area contributed by atoms with Crippen LogP contribution in [0.25, 0.3) is 6.08 Å². The predicted octanol–water partition coefficient (Wildman–Crippen LogP) is 2.63. The molecule has 1 aromatic carbocycles. The first-order chi connectivity index (χ1) is 6.29. The minimum Gasteiger partial charge on any atom is -0.393 e. The fourth-order valence-corrected chi connectivity index (χ4v) is 0.943. The summed E-state index contributed by atoms with van der Waals surface area (Å²) in [6, 6.07) is 9.99. The molecule has 0 bridgehead atoms. The Balaban J connectivity index is 2.54. The third-order valence-corrected chi connectivity index (χ3v) is 1.63. The largest absolute Gasteiger partial charge is 0.393 e. The highest BCUT2D eigenvalue weighted by molar-refractivity contribution is 5.47. The van der Waals surface area contributed by atoms with Crippen LogP contribution >= 0.6 is 0 Å². The molecule has 0 heterocycles. The summed E-state index contributed by atoms with van der Waals surface area (Å²) in [7, 11) is 0. The van der Waals surface area contributed by atoms with Crippen LogP contribution in [0.4, 0.5) is 0 Å². The standard InChI is InChI=1S/C12H14O/c1-11(13)7-5-6-10-12-8-3-2-4-9-12/h2-5,8-11,13H,7H2,1H3. The van der Waals surface area contributed by atoms with Gasteiger partial charge in [0.2, 0.25) is 0 Å². The number of aliphatic hydroxyl groups excluding tert-OH is 1. The maximum absolute atomic E-state index is 8.96. The maximum Gasteiger partial charge on any atom is 0.0552 e. The molecule has 68 valence electrons. The van der Waals surface area contributed by atoms with E-state index in [0.717, 1.165) is 5.56 Å². The molecular weight excluding hydrogens is 160 g/mol. The van der Waals surface area contributed by atoms with Crippen molar-refractivity contribution < 1.29 is 5.11 Å². The molecule has 0 aromatic heterocycles. The van der Waals surface area contributed by atoms with Gasteiger partial charge in [0.05, 0.1) is 6.10 Å². The Labute approximate surface area is 79.0 Å². The van der Waals surface area contributed by atoms with E-state index in [-0.39, 0.29) is 6.10 Å². The van der Waals surface area contributed by atoms with Gasteiger partial charge >= 0.3 is 0 Å². The van der Waals surface area contributed by atoms with Gasteiger partial charge in [-0.1, -0.05) is 30.3 Å². The van der Waals surface area contributed by atoms with E-state index in [4.69, 9.17) is 5.11 Å².